The molecule has 0 saturated carbocycles. The number of anilines is 1. The first-order valence-corrected chi connectivity index (χ1v) is 14.4. The predicted molar refractivity (Wildman–Crippen MR) is 142 cm³/mol. The van der Waals surface area contributed by atoms with Crippen molar-refractivity contribution in [3.05, 3.63) is 58.6 Å². The minimum absolute atomic E-state index is 0.000864. The number of alkyl carbamates (subject to hydrolysis) is 1. The number of hydrogen-bond donors (Lipinski definition) is 1. The van der Waals surface area contributed by atoms with E-state index in [1.165, 1.54) is 23.1 Å². The van der Waals surface area contributed by atoms with Gasteiger partial charge >= 0.3 is 6.09 Å². The lowest BCUT2D eigenvalue weighted by molar-refractivity contribution is -0.120. The molecule has 2 amide bonds. The third-order valence-corrected chi connectivity index (χ3v) is 8.34. The van der Waals surface area contributed by atoms with Crippen molar-refractivity contribution in [2.75, 3.05) is 23.9 Å². The molecule has 0 aliphatic carbocycles. The van der Waals surface area contributed by atoms with Gasteiger partial charge in [0.05, 0.1) is 22.9 Å². The lowest BCUT2D eigenvalue weighted by Crippen LogP contribution is -2.51. The molecule has 4 rings (SSSR count). The number of carbonyl (C=O) groups is 3. The number of sulfone groups is 1. The van der Waals surface area contributed by atoms with E-state index in [2.05, 4.69) is 5.32 Å². The third kappa shape index (κ3) is 6.73. The molecule has 2 aliphatic rings. The average Bonchev–Trinajstić information content (AvgIpc) is 3.32. The Bertz CT molecular complexity index is 1330. The second-order valence-electron chi connectivity index (χ2n) is 10.6. The van der Waals surface area contributed by atoms with Crippen LogP contribution in [0.2, 0.25) is 5.02 Å². The molecule has 2 aromatic carbocycles. The van der Waals surface area contributed by atoms with Crippen molar-refractivity contribution in [2.24, 2.45) is 5.92 Å². The van der Waals surface area contributed by atoms with Crippen LogP contribution in [-0.2, 0) is 30.7 Å². The highest BCUT2D eigenvalue weighted by molar-refractivity contribution is 7.91. The van der Waals surface area contributed by atoms with Gasteiger partial charge < -0.3 is 19.7 Å². The van der Waals surface area contributed by atoms with Gasteiger partial charge in [-0.1, -0.05) is 23.7 Å². The number of rotatable bonds is 6. The summed E-state index contributed by atoms with van der Waals surface area (Å²) in [6.45, 7) is 6.10. The fraction of sp³-hybridized carbons (Fsp3) is 0.444. The summed E-state index contributed by atoms with van der Waals surface area (Å²) in [5.74, 6) is -1.35. The highest BCUT2D eigenvalue weighted by Gasteiger charge is 2.39. The number of nitrogens with zero attached hydrogens (tertiary/aromatic N) is 1. The molecular formula is C27H31ClN2O7S. The number of benzene rings is 2. The van der Waals surface area contributed by atoms with E-state index < -0.39 is 39.2 Å². The zero-order chi connectivity index (χ0) is 27.7. The van der Waals surface area contributed by atoms with Crippen molar-refractivity contribution in [1.29, 1.82) is 0 Å². The van der Waals surface area contributed by atoms with Gasteiger partial charge in [-0.3, -0.25) is 9.59 Å². The van der Waals surface area contributed by atoms with E-state index in [0.717, 1.165) is 6.42 Å². The van der Waals surface area contributed by atoms with Gasteiger partial charge in [-0.15, -0.1) is 0 Å². The van der Waals surface area contributed by atoms with Gasteiger partial charge in [0.1, 0.15) is 11.6 Å². The molecule has 2 aliphatic heterocycles. The molecule has 1 fully saturated rings. The zero-order valence-electron chi connectivity index (χ0n) is 21.5. The summed E-state index contributed by atoms with van der Waals surface area (Å²) >= 11 is 6.02. The summed E-state index contributed by atoms with van der Waals surface area (Å²) < 4.78 is 37.5. The largest absolute Gasteiger partial charge is 0.444 e. The number of amides is 2. The molecule has 0 unspecified atom stereocenters. The summed E-state index contributed by atoms with van der Waals surface area (Å²) in [6.07, 6.45) is 0.141. The van der Waals surface area contributed by atoms with Crippen LogP contribution in [0.1, 0.15) is 49.5 Å². The smallest absolute Gasteiger partial charge is 0.408 e. The number of ether oxygens (including phenoxy) is 2. The molecule has 2 atom stereocenters. The first-order chi connectivity index (χ1) is 17.8. The molecule has 0 bridgehead atoms. The fourth-order valence-electron chi connectivity index (χ4n) is 4.47. The lowest BCUT2D eigenvalue weighted by atomic mass is 9.97. The van der Waals surface area contributed by atoms with Crippen LogP contribution in [0.4, 0.5) is 10.5 Å². The van der Waals surface area contributed by atoms with Crippen LogP contribution >= 0.6 is 11.6 Å². The van der Waals surface area contributed by atoms with Gasteiger partial charge in [-0.2, -0.15) is 0 Å². The number of carbonyl (C=O) groups excluding carboxylic acids is 3. The second kappa shape index (κ2) is 11.0. The van der Waals surface area contributed by atoms with Crippen LogP contribution in [0.3, 0.4) is 0 Å². The Morgan fingerprint density at radius 1 is 1.16 bits per heavy atom. The van der Waals surface area contributed by atoms with E-state index in [4.69, 9.17) is 21.1 Å². The molecule has 204 valence electrons. The van der Waals surface area contributed by atoms with Crippen molar-refractivity contribution in [1.82, 2.24) is 5.32 Å². The van der Waals surface area contributed by atoms with Crippen molar-refractivity contribution < 1.29 is 32.3 Å². The highest BCUT2D eigenvalue weighted by atomic mass is 35.5. The maximum Gasteiger partial charge on any atom is 0.408 e. The molecule has 1 N–H and O–H groups in total. The van der Waals surface area contributed by atoms with Crippen molar-refractivity contribution in [3.8, 4) is 0 Å². The highest BCUT2D eigenvalue weighted by Crippen LogP contribution is 2.34. The van der Waals surface area contributed by atoms with Gasteiger partial charge in [-0.25, -0.2) is 13.2 Å². The second-order valence-corrected chi connectivity index (χ2v) is 13.0. The zero-order valence-corrected chi connectivity index (χ0v) is 23.1. The summed E-state index contributed by atoms with van der Waals surface area (Å²) in [7, 11) is -4.03. The van der Waals surface area contributed by atoms with Gasteiger partial charge in [-0.05, 0) is 69.0 Å². The summed E-state index contributed by atoms with van der Waals surface area (Å²) in [5, 5.41) is 2.94. The lowest BCUT2D eigenvalue weighted by Gasteiger charge is -2.27. The number of ketones is 1. The van der Waals surface area contributed by atoms with E-state index in [0.29, 0.717) is 29.4 Å². The standard InChI is InChI=1S/C27H31ClN2O7S/c1-27(2,3)37-26(33)29-21-16-38(34,35)24-9-6-19(23(31)12-18-10-11-36-15-18)13-22(24)30(25(21)32)14-17-4-7-20(28)8-5-17/h4-9,13,18,21H,10-12,14-16H2,1-3H3,(H,29,33)/t18-,21-/m0/s1. The molecule has 11 heteroatoms. The van der Waals surface area contributed by atoms with Gasteiger partial charge in [0.2, 0.25) is 0 Å². The number of halogens is 1. The van der Waals surface area contributed by atoms with Crippen LogP contribution < -0.4 is 10.2 Å². The van der Waals surface area contributed by atoms with Crippen LogP contribution in [0.15, 0.2) is 47.4 Å². The van der Waals surface area contributed by atoms with Gasteiger partial charge in [0, 0.05) is 30.2 Å². The maximum absolute atomic E-state index is 13.8. The first kappa shape index (κ1) is 28.1. The van der Waals surface area contributed by atoms with Crippen LogP contribution in [0.25, 0.3) is 0 Å². The topological polar surface area (TPSA) is 119 Å². The SMILES string of the molecule is CC(C)(C)OC(=O)N[C@H]1CS(=O)(=O)c2ccc(C(=O)C[C@@H]3CCOC3)cc2N(Cc2ccc(Cl)cc2)C1=O. The summed E-state index contributed by atoms with van der Waals surface area (Å²) in [4.78, 5) is 40.6. The molecule has 9 nitrogen and oxygen atoms in total. The molecule has 2 heterocycles. The van der Waals surface area contributed by atoms with E-state index in [1.54, 1.807) is 45.0 Å². The molecular weight excluding hydrogens is 532 g/mol. The monoisotopic (exact) mass is 562 g/mol. The minimum atomic E-state index is -4.03. The van der Waals surface area contributed by atoms with Crippen molar-refractivity contribution in [3.63, 3.8) is 0 Å². The Labute approximate surface area is 227 Å². The van der Waals surface area contributed by atoms with E-state index in [-0.39, 0.29) is 35.2 Å². The normalized spacial score (nSPS) is 20.9. The number of nitrogens with one attached hydrogen (secondary N) is 1. The molecule has 0 spiro atoms. The fourth-order valence-corrected chi connectivity index (χ4v) is 6.20. The van der Waals surface area contributed by atoms with Crippen LogP contribution in [0, 0.1) is 5.92 Å². The van der Waals surface area contributed by atoms with E-state index in [1.807, 2.05) is 0 Å². The Hall–Kier alpha value is -2.95. The van der Waals surface area contributed by atoms with E-state index in [9.17, 15) is 22.8 Å². The number of fused-ring (bicyclic) bond motifs is 1. The third-order valence-electron chi connectivity index (χ3n) is 6.30. The Kier molecular flexibility index (Phi) is 8.15. The van der Waals surface area contributed by atoms with Crippen molar-refractivity contribution >= 4 is 44.9 Å². The first-order valence-electron chi connectivity index (χ1n) is 12.4. The number of Topliss-reactive ketones (excluding diaryl/α,β-unsaturated/α-hetero) is 1. The quantitative estimate of drug-likeness (QED) is 0.525. The van der Waals surface area contributed by atoms with Crippen LogP contribution in [0.5, 0.6) is 0 Å². The number of hydrogen-bond acceptors (Lipinski definition) is 7. The van der Waals surface area contributed by atoms with Gasteiger partial charge in [0.15, 0.2) is 15.6 Å². The Morgan fingerprint density at radius 3 is 2.50 bits per heavy atom. The van der Waals surface area contributed by atoms with Gasteiger partial charge in [0.25, 0.3) is 5.91 Å². The molecule has 2 aromatic rings. The maximum atomic E-state index is 13.8. The summed E-state index contributed by atoms with van der Waals surface area (Å²) in [5.41, 5.74) is 0.233. The molecule has 0 radical (unpaired) electrons. The molecule has 0 aromatic heterocycles. The average molecular weight is 563 g/mol. The van der Waals surface area contributed by atoms with E-state index >= 15 is 0 Å². The van der Waals surface area contributed by atoms with Crippen molar-refractivity contribution in [2.45, 2.75) is 56.7 Å². The molecule has 1 saturated heterocycles. The summed E-state index contributed by atoms with van der Waals surface area (Å²) in [6, 6.07) is 9.66. The van der Waals surface area contributed by atoms with Crippen LogP contribution in [-0.4, -0.2) is 56.8 Å². The predicted octanol–water partition coefficient (Wildman–Crippen LogP) is 4.16. The Balaban J connectivity index is 1.73. The Morgan fingerprint density at radius 2 is 1.87 bits per heavy atom. The molecule has 38 heavy (non-hydrogen) atoms. The minimum Gasteiger partial charge on any atom is -0.444 e.